The number of benzene rings is 1. The second-order valence-electron chi connectivity index (χ2n) is 6.72. The predicted octanol–water partition coefficient (Wildman–Crippen LogP) is 1.20. The van der Waals surface area contributed by atoms with Gasteiger partial charge >= 0.3 is 0 Å². The van der Waals surface area contributed by atoms with E-state index >= 15 is 0 Å². The van der Waals surface area contributed by atoms with E-state index in [9.17, 15) is 8.42 Å². The topological polar surface area (TPSA) is 81.0 Å². The highest BCUT2D eigenvalue weighted by Gasteiger charge is 2.34. The van der Waals surface area contributed by atoms with Gasteiger partial charge in [-0.05, 0) is 35.3 Å². The molecule has 2 aromatic rings. The Morgan fingerprint density at radius 3 is 2.58 bits per heavy atom. The summed E-state index contributed by atoms with van der Waals surface area (Å²) in [5.41, 5.74) is 1.17. The smallest absolute Gasteiger partial charge is 0.165 e. The molecule has 2 aliphatic rings. The van der Waals surface area contributed by atoms with Crippen LogP contribution in [0.5, 0.6) is 0 Å². The molecule has 24 heavy (non-hydrogen) atoms. The van der Waals surface area contributed by atoms with Gasteiger partial charge in [0.15, 0.2) is 15.7 Å². The van der Waals surface area contributed by atoms with Crippen LogP contribution in [0.2, 0.25) is 0 Å². The summed E-state index contributed by atoms with van der Waals surface area (Å²) in [6, 6.07) is 10.6. The van der Waals surface area contributed by atoms with Crippen molar-refractivity contribution in [3.63, 3.8) is 0 Å². The van der Waals surface area contributed by atoms with Crippen molar-refractivity contribution in [3.8, 4) is 0 Å². The lowest BCUT2D eigenvalue weighted by Gasteiger charge is -2.27. The minimum atomic E-state index is -2.93. The van der Waals surface area contributed by atoms with E-state index in [0.29, 0.717) is 25.6 Å². The van der Waals surface area contributed by atoms with Crippen molar-refractivity contribution >= 4 is 9.84 Å². The molecule has 0 bridgehead atoms. The van der Waals surface area contributed by atoms with Crippen molar-refractivity contribution in [3.05, 3.63) is 41.7 Å². The molecule has 0 radical (unpaired) electrons. The summed E-state index contributed by atoms with van der Waals surface area (Å²) < 4.78 is 25.7. The lowest BCUT2D eigenvalue weighted by Crippen LogP contribution is -2.36. The minimum Gasteiger partial charge on any atom is -0.288 e. The Kier molecular flexibility index (Phi) is 4.09. The van der Waals surface area contributed by atoms with Gasteiger partial charge in [0.1, 0.15) is 0 Å². The van der Waals surface area contributed by atoms with E-state index in [1.807, 2.05) is 22.9 Å². The van der Waals surface area contributed by atoms with Crippen LogP contribution < -0.4 is 0 Å². The zero-order chi connectivity index (χ0) is 16.6. The second kappa shape index (κ2) is 6.25. The fourth-order valence-corrected chi connectivity index (χ4v) is 5.06. The first-order valence-corrected chi connectivity index (χ1v) is 10.2. The van der Waals surface area contributed by atoms with E-state index in [0.717, 1.165) is 18.7 Å². The van der Waals surface area contributed by atoms with Crippen molar-refractivity contribution in [2.24, 2.45) is 0 Å². The highest BCUT2D eigenvalue weighted by Crippen LogP contribution is 2.35. The molecule has 1 aromatic carbocycles. The van der Waals surface area contributed by atoms with Crippen molar-refractivity contribution in [1.82, 2.24) is 25.1 Å². The molecule has 0 amide bonds. The van der Waals surface area contributed by atoms with Crippen LogP contribution in [0, 0.1) is 0 Å². The average Bonchev–Trinajstić information content (AvgIpc) is 3.20. The average molecular weight is 347 g/mol. The fourth-order valence-electron chi connectivity index (χ4n) is 3.30. The number of hydrogen-bond acceptors (Lipinski definition) is 6. The standard InChI is InChI=1S/C16H21N5O2S/c22-24(23)9-8-15(12-24)20(10-13-4-2-1-3-5-13)11-16-17-18-19-21(16)14-6-7-14/h1-5,14-15H,6-12H2/t15-/m1/s1. The van der Waals surface area contributed by atoms with Gasteiger partial charge in [0.25, 0.3) is 0 Å². The van der Waals surface area contributed by atoms with Gasteiger partial charge < -0.3 is 0 Å². The van der Waals surface area contributed by atoms with Crippen LogP contribution in [0.15, 0.2) is 30.3 Å². The van der Waals surface area contributed by atoms with Crippen LogP contribution >= 0.6 is 0 Å². The van der Waals surface area contributed by atoms with Crippen LogP contribution in [-0.4, -0.2) is 51.1 Å². The van der Waals surface area contributed by atoms with Crippen molar-refractivity contribution in [1.29, 1.82) is 0 Å². The van der Waals surface area contributed by atoms with Gasteiger partial charge in [-0.25, -0.2) is 13.1 Å². The third-order valence-corrected chi connectivity index (χ3v) is 6.50. The zero-order valence-corrected chi connectivity index (χ0v) is 14.3. The first-order chi connectivity index (χ1) is 11.6. The van der Waals surface area contributed by atoms with Crippen molar-refractivity contribution < 1.29 is 8.42 Å². The SMILES string of the molecule is O=S1(=O)CC[C@@H](N(Cc2ccccc2)Cc2nnnn2C2CC2)C1. The monoisotopic (exact) mass is 347 g/mol. The first kappa shape index (κ1) is 15.7. The molecule has 1 atom stereocenters. The maximum atomic E-state index is 11.9. The number of rotatable bonds is 6. The number of nitrogens with zero attached hydrogens (tertiary/aromatic N) is 5. The summed E-state index contributed by atoms with van der Waals surface area (Å²) in [4.78, 5) is 2.21. The van der Waals surface area contributed by atoms with Crippen LogP contribution in [0.1, 0.15) is 36.7 Å². The summed E-state index contributed by atoms with van der Waals surface area (Å²) in [6.45, 7) is 1.29. The normalized spacial score (nSPS) is 23.0. The van der Waals surface area contributed by atoms with Gasteiger partial charge in [0.05, 0.1) is 24.1 Å². The Morgan fingerprint density at radius 1 is 1.12 bits per heavy atom. The van der Waals surface area contributed by atoms with Gasteiger partial charge in [-0.2, -0.15) is 0 Å². The van der Waals surface area contributed by atoms with Crippen LogP contribution in [-0.2, 0) is 22.9 Å². The zero-order valence-electron chi connectivity index (χ0n) is 13.5. The molecule has 0 N–H and O–H groups in total. The maximum absolute atomic E-state index is 11.9. The Balaban J connectivity index is 1.56. The number of aromatic nitrogens is 4. The van der Waals surface area contributed by atoms with Crippen molar-refractivity contribution in [2.45, 2.75) is 44.4 Å². The van der Waals surface area contributed by atoms with E-state index in [1.54, 1.807) is 0 Å². The molecule has 1 saturated carbocycles. The van der Waals surface area contributed by atoms with Gasteiger partial charge in [0, 0.05) is 12.6 Å². The second-order valence-corrected chi connectivity index (χ2v) is 8.95. The first-order valence-electron chi connectivity index (χ1n) is 8.36. The lowest BCUT2D eigenvalue weighted by atomic mass is 10.1. The number of sulfone groups is 1. The van der Waals surface area contributed by atoms with Gasteiger partial charge in [-0.1, -0.05) is 30.3 Å². The fraction of sp³-hybridized carbons (Fsp3) is 0.562. The number of tetrazole rings is 1. The summed E-state index contributed by atoms with van der Waals surface area (Å²) in [5, 5.41) is 12.1. The lowest BCUT2D eigenvalue weighted by molar-refractivity contribution is 0.186. The molecule has 0 spiro atoms. The third-order valence-electron chi connectivity index (χ3n) is 4.75. The molecular weight excluding hydrogens is 326 g/mol. The van der Waals surface area contributed by atoms with Crippen molar-refractivity contribution in [2.75, 3.05) is 11.5 Å². The predicted molar refractivity (Wildman–Crippen MR) is 88.8 cm³/mol. The quantitative estimate of drug-likeness (QED) is 0.781. The van der Waals surface area contributed by atoms with E-state index in [4.69, 9.17) is 0 Å². The van der Waals surface area contributed by atoms with Gasteiger partial charge in [-0.15, -0.1) is 5.10 Å². The molecule has 8 heteroatoms. The highest BCUT2D eigenvalue weighted by molar-refractivity contribution is 7.91. The van der Waals surface area contributed by atoms with Crippen LogP contribution in [0.25, 0.3) is 0 Å². The molecule has 1 aromatic heterocycles. The molecule has 1 aliphatic heterocycles. The largest absolute Gasteiger partial charge is 0.288 e. The Bertz CT molecular complexity index is 801. The summed E-state index contributed by atoms with van der Waals surface area (Å²) in [5.74, 6) is 1.33. The van der Waals surface area contributed by atoms with E-state index in [1.165, 1.54) is 5.56 Å². The Hall–Kier alpha value is -1.80. The van der Waals surface area contributed by atoms with E-state index < -0.39 is 9.84 Å². The summed E-state index contributed by atoms with van der Waals surface area (Å²) in [7, 11) is -2.93. The van der Waals surface area contributed by atoms with Crippen LogP contribution in [0.3, 0.4) is 0 Å². The molecule has 128 valence electrons. The van der Waals surface area contributed by atoms with E-state index in [2.05, 4.69) is 32.6 Å². The molecule has 4 rings (SSSR count). The highest BCUT2D eigenvalue weighted by atomic mass is 32.2. The molecule has 2 fully saturated rings. The Labute approximate surface area is 141 Å². The molecule has 1 aliphatic carbocycles. The van der Waals surface area contributed by atoms with Gasteiger partial charge in [-0.3, -0.25) is 4.90 Å². The van der Waals surface area contributed by atoms with E-state index in [-0.39, 0.29) is 17.5 Å². The molecule has 1 saturated heterocycles. The molecule has 7 nitrogen and oxygen atoms in total. The maximum Gasteiger partial charge on any atom is 0.165 e. The molecule has 0 unspecified atom stereocenters. The third kappa shape index (κ3) is 3.49. The summed E-state index contributed by atoms with van der Waals surface area (Å²) in [6.07, 6.45) is 2.92. The van der Waals surface area contributed by atoms with Crippen LogP contribution in [0.4, 0.5) is 0 Å². The number of hydrogen-bond donors (Lipinski definition) is 0. The Morgan fingerprint density at radius 2 is 1.92 bits per heavy atom. The molecular formula is C16H21N5O2S. The molecule has 2 heterocycles. The van der Waals surface area contributed by atoms with Gasteiger partial charge in [0.2, 0.25) is 0 Å². The minimum absolute atomic E-state index is 0.0274. The summed E-state index contributed by atoms with van der Waals surface area (Å²) >= 11 is 0.